The van der Waals surface area contributed by atoms with Crippen LogP contribution in [0.5, 0.6) is 0 Å². The highest BCUT2D eigenvalue weighted by Crippen LogP contribution is 2.30. The predicted octanol–water partition coefficient (Wildman–Crippen LogP) is 3.38. The van der Waals surface area contributed by atoms with Gasteiger partial charge >= 0.3 is 0 Å². The molecule has 2 N–H and O–H groups in total. The fourth-order valence-corrected chi connectivity index (χ4v) is 3.03. The van der Waals surface area contributed by atoms with Crippen molar-refractivity contribution in [3.63, 3.8) is 0 Å². The van der Waals surface area contributed by atoms with Gasteiger partial charge in [0.15, 0.2) is 0 Å². The zero-order chi connectivity index (χ0) is 15.3. The summed E-state index contributed by atoms with van der Waals surface area (Å²) in [6, 6.07) is 0.671. The van der Waals surface area contributed by atoms with Crippen molar-refractivity contribution in [3.8, 4) is 0 Å². The van der Waals surface area contributed by atoms with Crippen molar-refractivity contribution in [1.29, 1.82) is 0 Å². The summed E-state index contributed by atoms with van der Waals surface area (Å²) in [5.41, 5.74) is 1.75. The molecule has 1 aliphatic carbocycles. The molecule has 0 bridgehead atoms. The Balaban J connectivity index is 1.87. The fraction of sp³-hybridized carbons (Fsp3) is 0.778. The third-order valence-electron chi connectivity index (χ3n) is 4.48. The van der Waals surface area contributed by atoms with Crippen molar-refractivity contribution in [2.45, 2.75) is 71.6 Å². The largest absolute Gasteiger partial charge is 0.389 e. The third kappa shape index (κ3) is 5.15. The molecule has 0 saturated heterocycles. The first-order valence-corrected chi connectivity index (χ1v) is 8.45. The van der Waals surface area contributed by atoms with Gasteiger partial charge in [-0.2, -0.15) is 0 Å². The Bertz CT molecular complexity index is 375. The summed E-state index contributed by atoms with van der Waals surface area (Å²) in [7, 11) is 0. The number of rotatable bonds is 4. The average molecular weight is 292 g/mol. The first kappa shape index (κ1) is 16.6. The van der Waals surface area contributed by atoms with E-state index in [2.05, 4.69) is 56.7 Å². The molecule has 1 unspecified atom stereocenters. The number of nitrogens with one attached hydrogen (secondary N) is 2. The summed E-state index contributed by atoms with van der Waals surface area (Å²) in [6.45, 7) is 11.0. The van der Waals surface area contributed by atoms with Gasteiger partial charge in [-0.05, 0) is 43.8 Å². The van der Waals surface area contributed by atoms with Crippen molar-refractivity contribution >= 4 is 0 Å². The van der Waals surface area contributed by atoms with E-state index in [0.717, 1.165) is 38.8 Å². The lowest BCUT2D eigenvalue weighted by Gasteiger charge is -2.38. The monoisotopic (exact) mass is 292 g/mol. The summed E-state index contributed by atoms with van der Waals surface area (Å²) in [5.74, 6) is 0. The second-order valence-corrected chi connectivity index (χ2v) is 7.34. The van der Waals surface area contributed by atoms with E-state index >= 15 is 0 Å². The SMILES string of the molecule is CCN[C@H]1C[C@@H](OC2C/C=C(/C(C)(C)C)C/C=C\NC2)C1. The summed E-state index contributed by atoms with van der Waals surface area (Å²) in [6.07, 6.45) is 11.8. The minimum atomic E-state index is 0.242. The van der Waals surface area contributed by atoms with Gasteiger partial charge in [0.2, 0.25) is 0 Å². The zero-order valence-corrected chi connectivity index (χ0v) is 14.1. The third-order valence-corrected chi connectivity index (χ3v) is 4.48. The van der Waals surface area contributed by atoms with Crippen LogP contribution < -0.4 is 10.6 Å². The Morgan fingerprint density at radius 3 is 2.71 bits per heavy atom. The highest BCUT2D eigenvalue weighted by atomic mass is 16.5. The van der Waals surface area contributed by atoms with Gasteiger partial charge in [0.25, 0.3) is 0 Å². The summed E-state index contributed by atoms with van der Waals surface area (Å²) >= 11 is 0. The van der Waals surface area contributed by atoms with Gasteiger partial charge in [0, 0.05) is 12.6 Å². The zero-order valence-electron chi connectivity index (χ0n) is 14.1. The second-order valence-electron chi connectivity index (χ2n) is 7.34. The highest BCUT2D eigenvalue weighted by Gasteiger charge is 2.31. The van der Waals surface area contributed by atoms with Crippen molar-refractivity contribution in [3.05, 3.63) is 23.9 Å². The normalized spacial score (nSPS) is 34.5. The first-order chi connectivity index (χ1) is 9.99. The van der Waals surface area contributed by atoms with Crippen molar-refractivity contribution in [2.75, 3.05) is 13.1 Å². The number of ether oxygens (including phenoxy) is 1. The molecule has 2 rings (SSSR count). The molecular formula is C18H32N2O. The van der Waals surface area contributed by atoms with Crippen LogP contribution in [0.2, 0.25) is 0 Å². The van der Waals surface area contributed by atoms with Gasteiger partial charge in [-0.1, -0.05) is 45.4 Å². The summed E-state index contributed by atoms with van der Waals surface area (Å²) in [4.78, 5) is 0. The lowest BCUT2D eigenvalue weighted by Crippen LogP contribution is -2.47. The molecule has 1 heterocycles. The van der Waals surface area contributed by atoms with Crippen LogP contribution in [0.25, 0.3) is 0 Å². The van der Waals surface area contributed by atoms with Crippen LogP contribution in [-0.4, -0.2) is 31.3 Å². The van der Waals surface area contributed by atoms with Crippen molar-refractivity contribution < 1.29 is 4.74 Å². The van der Waals surface area contributed by atoms with E-state index in [-0.39, 0.29) is 11.5 Å². The Morgan fingerprint density at radius 2 is 2.05 bits per heavy atom. The van der Waals surface area contributed by atoms with Crippen LogP contribution in [0.1, 0.15) is 53.4 Å². The van der Waals surface area contributed by atoms with Gasteiger partial charge in [-0.15, -0.1) is 0 Å². The van der Waals surface area contributed by atoms with Gasteiger partial charge in [0.1, 0.15) is 0 Å². The predicted molar refractivity (Wildman–Crippen MR) is 89.3 cm³/mol. The molecule has 0 amide bonds. The van der Waals surface area contributed by atoms with Crippen LogP contribution in [0.3, 0.4) is 0 Å². The van der Waals surface area contributed by atoms with Gasteiger partial charge in [-0.3, -0.25) is 0 Å². The van der Waals surface area contributed by atoms with E-state index in [0.29, 0.717) is 12.1 Å². The molecule has 1 saturated carbocycles. The lowest BCUT2D eigenvalue weighted by atomic mass is 9.83. The topological polar surface area (TPSA) is 33.3 Å². The van der Waals surface area contributed by atoms with E-state index in [4.69, 9.17) is 4.74 Å². The van der Waals surface area contributed by atoms with Crippen molar-refractivity contribution in [1.82, 2.24) is 10.6 Å². The van der Waals surface area contributed by atoms with Gasteiger partial charge in [0.05, 0.1) is 12.2 Å². The molecule has 21 heavy (non-hydrogen) atoms. The quantitative estimate of drug-likeness (QED) is 0.779. The molecule has 2 aliphatic rings. The van der Waals surface area contributed by atoms with E-state index in [1.807, 2.05) is 0 Å². The lowest BCUT2D eigenvalue weighted by molar-refractivity contribution is -0.0608. The standard InChI is InChI=1S/C18H32N2O/c1-5-20-15-11-17(12-15)21-16-9-8-14(18(2,3)4)7-6-10-19-13-16/h6,8,10,15-17,19-20H,5,7,9,11-13H2,1-4H3/b10-6-,14-8+/t15-,16?,17+. The molecule has 3 heteroatoms. The molecule has 1 fully saturated rings. The first-order valence-electron chi connectivity index (χ1n) is 8.45. The van der Waals surface area contributed by atoms with E-state index < -0.39 is 0 Å². The Labute approximate surface area is 130 Å². The number of hydrogen-bond donors (Lipinski definition) is 2. The van der Waals surface area contributed by atoms with Gasteiger partial charge < -0.3 is 15.4 Å². The van der Waals surface area contributed by atoms with Crippen LogP contribution in [0, 0.1) is 5.41 Å². The maximum atomic E-state index is 6.27. The molecule has 120 valence electrons. The minimum absolute atomic E-state index is 0.242. The summed E-state index contributed by atoms with van der Waals surface area (Å²) in [5, 5.41) is 6.87. The van der Waals surface area contributed by atoms with E-state index in [1.165, 1.54) is 5.57 Å². The van der Waals surface area contributed by atoms with Crippen LogP contribution >= 0.6 is 0 Å². The maximum absolute atomic E-state index is 6.27. The smallest absolute Gasteiger partial charge is 0.0785 e. The highest BCUT2D eigenvalue weighted by molar-refractivity contribution is 5.16. The Morgan fingerprint density at radius 1 is 1.29 bits per heavy atom. The van der Waals surface area contributed by atoms with E-state index in [1.54, 1.807) is 0 Å². The van der Waals surface area contributed by atoms with Crippen LogP contribution in [-0.2, 0) is 4.74 Å². The van der Waals surface area contributed by atoms with Gasteiger partial charge in [-0.25, -0.2) is 0 Å². The second kappa shape index (κ2) is 7.46. The molecule has 0 aromatic carbocycles. The van der Waals surface area contributed by atoms with Crippen molar-refractivity contribution in [2.24, 2.45) is 5.41 Å². The Kier molecular flexibility index (Phi) is 5.88. The molecule has 0 aromatic heterocycles. The molecule has 0 spiro atoms. The molecular weight excluding hydrogens is 260 g/mol. The Hall–Kier alpha value is -0.800. The molecule has 1 atom stereocenters. The average Bonchev–Trinajstić information content (AvgIpc) is 2.47. The molecule has 3 nitrogen and oxygen atoms in total. The van der Waals surface area contributed by atoms with E-state index in [9.17, 15) is 0 Å². The van der Waals surface area contributed by atoms with Crippen LogP contribution in [0.15, 0.2) is 23.9 Å². The fourth-order valence-electron chi connectivity index (χ4n) is 3.03. The number of hydrogen-bond acceptors (Lipinski definition) is 3. The molecule has 0 aromatic rings. The maximum Gasteiger partial charge on any atom is 0.0785 e. The molecule has 0 radical (unpaired) electrons. The minimum Gasteiger partial charge on any atom is -0.389 e. The summed E-state index contributed by atoms with van der Waals surface area (Å²) < 4.78 is 6.27. The van der Waals surface area contributed by atoms with Crippen LogP contribution in [0.4, 0.5) is 0 Å². The number of allylic oxidation sites excluding steroid dienone is 2. The molecule has 1 aliphatic heterocycles.